The highest BCUT2D eigenvalue weighted by molar-refractivity contribution is 8.18. The van der Waals surface area contributed by atoms with Crippen LogP contribution in [-0.2, 0) is 9.59 Å². The third-order valence-electron chi connectivity index (χ3n) is 3.38. The Morgan fingerprint density at radius 1 is 1.12 bits per heavy atom. The minimum Gasteiger partial charge on any atom is -0.324 e. The molecule has 5 nitrogen and oxygen atoms in total. The number of hydrogen-bond donors (Lipinski definition) is 1. The summed E-state index contributed by atoms with van der Waals surface area (Å²) < 4.78 is 0. The van der Waals surface area contributed by atoms with Gasteiger partial charge >= 0.3 is 0 Å². The van der Waals surface area contributed by atoms with E-state index in [1.54, 1.807) is 30.3 Å². The molecule has 0 saturated carbocycles. The number of halogens is 1. The molecule has 0 radical (unpaired) electrons. The van der Waals surface area contributed by atoms with Crippen LogP contribution in [0.5, 0.6) is 0 Å². The second-order valence-electron chi connectivity index (χ2n) is 5.24. The van der Waals surface area contributed by atoms with Crippen molar-refractivity contribution >= 4 is 52.2 Å². The Kier molecular flexibility index (Phi) is 5.21. The van der Waals surface area contributed by atoms with E-state index in [-0.39, 0.29) is 6.54 Å². The predicted molar refractivity (Wildman–Crippen MR) is 99.2 cm³/mol. The summed E-state index contributed by atoms with van der Waals surface area (Å²) in [7, 11) is 0. The van der Waals surface area contributed by atoms with E-state index >= 15 is 0 Å². The second kappa shape index (κ2) is 7.55. The van der Waals surface area contributed by atoms with E-state index < -0.39 is 17.1 Å². The highest BCUT2D eigenvalue weighted by Gasteiger charge is 2.36. The minimum absolute atomic E-state index is 0.298. The molecule has 1 fully saturated rings. The van der Waals surface area contributed by atoms with Gasteiger partial charge < -0.3 is 5.32 Å². The molecular formula is C18H13ClN2O3S. The van der Waals surface area contributed by atoms with Gasteiger partial charge in [0.25, 0.3) is 11.1 Å². The normalized spacial score (nSPS) is 15.7. The van der Waals surface area contributed by atoms with Crippen molar-refractivity contribution in [1.29, 1.82) is 0 Å². The van der Waals surface area contributed by atoms with Crippen molar-refractivity contribution in [3.8, 4) is 0 Å². The first kappa shape index (κ1) is 17.3. The Morgan fingerprint density at radius 2 is 1.88 bits per heavy atom. The lowest BCUT2D eigenvalue weighted by Gasteiger charge is -2.12. The number of nitrogens with one attached hydrogen (secondary N) is 1. The number of thioether (sulfide) groups is 1. The van der Waals surface area contributed by atoms with Crippen molar-refractivity contribution in [2.45, 2.75) is 0 Å². The molecule has 7 heteroatoms. The number of nitrogens with zero attached hydrogens (tertiary/aromatic N) is 1. The zero-order valence-corrected chi connectivity index (χ0v) is 14.5. The molecule has 2 aromatic rings. The molecule has 1 aliphatic rings. The molecule has 3 amide bonds. The molecule has 1 N–H and O–H groups in total. The number of carbonyl (C=O) groups excluding carboxylic acids is 3. The fourth-order valence-electron chi connectivity index (χ4n) is 2.25. The van der Waals surface area contributed by atoms with Crippen molar-refractivity contribution < 1.29 is 14.4 Å². The summed E-state index contributed by atoms with van der Waals surface area (Å²) in [5.74, 6) is -0.939. The summed E-state index contributed by atoms with van der Waals surface area (Å²) in [5.41, 5.74) is 1.32. The van der Waals surface area contributed by atoms with Gasteiger partial charge in [-0.05, 0) is 41.6 Å². The fourth-order valence-corrected chi connectivity index (χ4v) is 3.28. The summed E-state index contributed by atoms with van der Waals surface area (Å²) in [4.78, 5) is 37.8. The van der Waals surface area contributed by atoms with Gasteiger partial charge in [0.15, 0.2) is 0 Å². The molecule has 25 heavy (non-hydrogen) atoms. The van der Waals surface area contributed by atoms with Gasteiger partial charge in [-0.25, -0.2) is 0 Å². The third-order valence-corrected chi connectivity index (χ3v) is 4.52. The quantitative estimate of drug-likeness (QED) is 0.823. The van der Waals surface area contributed by atoms with Crippen molar-refractivity contribution in [3.63, 3.8) is 0 Å². The van der Waals surface area contributed by atoms with Gasteiger partial charge in [0.05, 0.1) is 4.91 Å². The monoisotopic (exact) mass is 372 g/mol. The zero-order valence-electron chi connectivity index (χ0n) is 12.9. The highest BCUT2D eigenvalue weighted by atomic mass is 35.5. The van der Waals surface area contributed by atoms with E-state index in [0.717, 1.165) is 22.2 Å². The van der Waals surface area contributed by atoms with Crippen LogP contribution >= 0.6 is 23.4 Å². The van der Waals surface area contributed by atoms with Crippen molar-refractivity contribution in [3.05, 3.63) is 70.1 Å². The first-order valence-corrected chi connectivity index (χ1v) is 8.58. The summed E-state index contributed by atoms with van der Waals surface area (Å²) in [6, 6.07) is 15.9. The molecule has 0 bridgehead atoms. The Labute approximate surface area is 153 Å². The number of imide groups is 1. The maximum atomic E-state index is 12.4. The van der Waals surface area contributed by atoms with Gasteiger partial charge in [0.2, 0.25) is 5.91 Å². The number of hydrogen-bond acceptors (Lipinski definition) is 4. The van der Waals surface area contributed by atoms with Gasteiger partial charge in [-0.15, -0.1) is 0 Å². The Hall–Kier alpha value is -2.57. The number of rotatable bonds is 4. The molecule has 0 spiro atoms. The standard InChI is InChI=1S/C18H13ClN2O3S/c19-13-7-4-8-14(10-13)20-16(22)11-21-17(23)15(25-18(21)24)9-12-5-2-1-3-6-12/h1-10H,11H2,(H,20,22)/b15-9+. The first-order chi connectivity index (χ1) is 12.0. The first-order valence-electron chi connectivity index (χ1n) is 7.39. The molecule has 0 unspecified atom stereocenters. The molecule has 0 aliphatic carbocycles. The molecule has 1 aliphatic heterocycles. The van der Waals surface area contributed by atoms with E-state index in [1.807, 2.05) is 30.3 Å². The van der Waals surface area contributed by atoms with Crippen molar-refractivity contribution in [2.75, 3.05) is 11.9 Å². The maximum absolute atomic E-state index is 12.4. The van der Waals surface area contributed by atoms with Crippen LogP contribution in [0.4, 0.5) is 10.5 Å². The number of benzene rings is 2. The van der Waals surface area contributed by atoms with E-state index in [1.165, 1.54) is 0 Å². The van der Waals surface area contributed by atoms with Gasteiger partial charge in [-0.2, -0.15) is 0 Å². The van der Waals surface area contributed by atoms with Crippen LogP contribution in [0.1, 0.15) is 5.56 Å². The SMILES string of the molecule is O=C(CN1C(=O)S/C(=C/c2ccccc2)C1=O)Nc1cccc(Cl)c1. The number of anilines is 1. The highest BCUT2D eigenvalue weighted by Crippen LogP contribution is 2.32. The Bertz CT molecular complexity index is 868. The Balaban J connectivity index is 1.68. The number of amides is 3. The minimum atomic E-state index is -0.472. The van der Waals surface area contributed by atoms with E-state index in [9.17, 15) is 14.4 Å². The molecule has 0 atom stereocenters. The predicted octanol–water partition coefficient (Wildman–Crippen LogP) is 4.02. The topological polar surface area (TPSA) is 66.5 Å². The molecule has 1 saturated heterocycles. The van der Waals surface area contributed by atoms with Gasteiger partial charge in [0.1, 0.15) is 6.54 Å². The average molecular weight is 373 g/mol. The van der Waals surface area contributed by atoms with Crippen LogP contribution in [0.3, 0.4) is 0 Å². The van der Waals surface area contributed by atoms with Crippen molar-refractivity contribution in [1.82, 2.24) is 4.90 Å². The van der Waals surface area contributed by atoms with Crippen molar-refractivity contribution in [2.24, 2.45) is 0 Å². The lowest BCUT2D eigenvalue weighted by Crippen LogP contribution is -2.36. The molecular weight excluding hydrogens is 360 g/mol. The van der Waals surface area contributed by atoms with Crippen LogP contribution in [0.2, 0.25) is 5.02 Å². The third kappa shape index (κ3) is 4.29. The molecule has 0 aromatic heterocycles. The van der Waals surface area contributed by atoms with Gasteiger partial charge in [-0.3, -0.25) is 19.3 Å². The molecule has 1 heterocycles. The smallest absolute Gasteiger partial charge is 0.294 e. The fraction of sp³-hybridized carbons (Fsp3) is 0.0556. The zero-order chi connectivity index (χ0) is 17.8. The lowest BCUT2D eigenvalue weighted by atomic mass is 10.2. The lowest BCUT2D eigenvalue weighted by molar-refractivity contribution is -0.127. The van der Waals surface area contributed by atoms with Crippen LogP contribution < -0.4 is 5.32 Å². The molecule has 2 aromatic carbocycles. The summed E-state index contributed by atoms with van der Waals surface area (Å²) in [6.07, 6.45) is 1.64. The average Bonchev–Trinajstić information content (AvgIpc) is 2.83. The van der Waals surface area contributed by atoms with Crippen LogP contribution in [-0.4, -0.2) is 28.5 Å². The summed E-state index contributed by atoms with van der Waals surface area (Å²) in [6.45, 7) is -0.344. The second-order valence-corrected chi connectivity index (χ2v) is 6.67. The van der Waals surface area contributed by atoms with Crippen LogP contribution in [0.25, 0.3) is 6.08 Å². The maximum Gasteiger partial charge on any atom is 0.294 e. The van der Waals surface area contributed by atoms with Gasteiger partial charge in [-0.1, -0.05) is 48.0 Å². The molecule has 126 valence electrons. The summed E-state index contributed by atoms with van der Waals surface area (Å²) in [5, 5.41) is 2.63. The van der Waals surface area contributed by atoms with E-state index in [4.69, 9.17) is 11.6 Å². The largest absolute Gasteiger partial charge is 0.324 e. The summed E-state index contributed by atoms with van der Waals surface area (Å²) >= 11 is 6.69. The van der Waals surface area contributed by atoms with E-state index in [0.29, 0.717) is 15.6 Å². The number of carbonyl (C=O) groups is 3. The molecule has 3 rings (SSSR count). The van der Waals surface area contributed by atoms with E-state index in [2.05, 4.69) is 5.32 Å². The van der Waals surface area contributed by atoms with Crippen LogP contribution in [0.15, 0.2) is 59.5 Å². The van der Waals surface area contributed by atoms with Crippen LogP contribution in [0, 0.1) is 0 Å². The van der Waals surface area contributed by atoms with Gasteiger partial charge in [0, 0.05) is 10.7 Å². The Morgan fingerprint density at radius 3 is 2.60 bits per heavy atom.